The lowest BCUT2D eigenvalue weighted by Gasteiger charge is -2.30. The lowest BCUT2D eigenvalue weighted by molar-refractivity contribution is 0.610. The summed E-state index contributed by atoms with van der Waals surface area (Å²) in [6.45, 7) is 4.25. The molecule has 5 nitrogen and oxygen atoms in total. The molecule has 0 saturated carbocycles. The Morgan fingerprint density at radius 2 is 2.00 bits per heavy atom. The molecule has 2 aromatic heterocycles. The molecule has 3 aromatic rings. The maximum absolute atomic E-state index is 13.8. The molecule has 1 aliphatic heterocycles. The molecule has 138 valence electrons. The average Bonchev–Trinajstić information content (AvgIpc) is 2.70. The number of nitrogens with one attached hydrogen (secondary N) is 1. The van der Waals surface area contributed by atoms with E-state index in [0.717, 1.165) is 41.4 Å². The molecule has 3 heterocycles. The molecule has 0 bridgehead atoms. The van der Waals surface area contributed by atoms with E-state index in [1.807, 2.05) is 25.3 Å². The van der Waals surface area contributed by atoms with Crippen LogP contribution in [0.5, 0.6) is 0 Å². The molecular formula is C21H22FN5. The highest BCUT2D eigenvalue weighted by Gasteiger charge is 2.21. The monoisotopic (exact) mass is 363 g/mol. The number of benzene rings is 1. The van der Waals surface area contributed by atoms with Gasteiger partial charge in [-0.2, -0.15) is 0 Å². The van der Waals surface area contributed by atoms with Crippen LogP contribution < -0.4 is 10.2 Å². The number of rotatable bonds is 5. The van der Waals surface area contributed by atoms with Crippen molar-refractivity contribution in [3.63, 3.8) is 0 Å². The largest absolute Gasteiger partial charge is 0.369 e. The Morgan fingerprint density at radius 1 is 1.11 bits per heavy atom. The summed E-state index contributed by atoms with van der Waals surface area (Å²) in [4.78, 5) is 15.7. The van der Waals surface area contributed by atoms with Crippen LogP contribution in [0.2, 0.25) is 0 Å². The smallest absolute Gasteiger partial charge is 0.134 e. The SMILES string of the molecule is Cc1ccc(N2CCc3ncnc(NCCc4ccccc4F)c3C2)nc1. The van der Waals surface area contributed by atoms with Crippen LogP contribution in [-0.2, 0) is 19.4 Å². The zero-order chi connectivity index (χ0) is 18.6. The quantitative estimate of drug-likeness (QED) is 0.751. The third-order valence-electron chi connectivity index (χ3n) is 4.87. The fraction of sp³-hybridized carbons (Fsp3) is 0.286. The summed E-state index contributed by atoms with van der Waals surface area (Å²) < 4.78 is 13.8. The van der Waals surface area contributed by atoms with E-state index in [2.05, 4.69) is 37.3 Å². The van der Waals surface area contributed by atoms with E-state index in [-0.39, 0.29) is 5.82 Å². The van der Waals surface area contributed by atoms with Crippen LogP contribution in [0.1, 0.15) is 22.4 Å². The molecule has 0 radical (unpaired) electrons. The van der Waals surface area contributed by atoms with Crippen LogP contribution in [0.4, 0.5) is 16.0 Å². The van der Waals surface area contributed by atoms with E-state index in [4.69, 9.17) is 0 Å². The first-order chi connectivity index (χ1) is 13.2. The Labute approximate surface area is 158 Å². The molecule has 1 N–H and O–H groups in total. The van der Waals surface area contributed by atoms with Crippen molar-refractivity contribution in [3.05, 3.63) is 77.1 Å². The maximum Gasteiger partial charge on any atom is 0.134 e. The number of aryl methyl sites for hydroxylation is 1. The molecule has 4 rings (SSSR count). The zero-order valence-corrected chi connectivity index (χ0v) is 15.3. The normalized spacial score (nSPS) is 13.3. The van der Waals surface area contributed by atoms with Gasteiger partial charge in [0.15, 0.2) is 0 Å². The Bertz CT molecular complexity index is 926. The van der Waals surface area contributed by atoms with Crippen LogP contribution in [-0.4, -0.2) is 28.0 Å². The van der Waals surface area contributed by atoms with Gasteiger partial charge >= 0.3 is 0 Å². The number of halogens is 1. The molecule has 1 aliphatic rings. The van der Waals surface area contributed by atoms with E-state index in [0.29, 0.717) is 25.1 Å². The molecule has 0 saturated heterocycles. The summed E-state index contributed by atoms with van der Waals surface area (Å²) in [5, 5.41) is 3.36. The van der Waals surface area contributed by atoms with Crippen molar-refractivity contribution in [1.29, 1.82) is 0 Å². The predicted molar refractivity (Wildman–Crippen MR) is 104 cm³/mol. The standard InChI is InChI=1S/C21H22FN5/c1-15-6-7-20(24-12-15)27-11-9-19-17(13-27)21(26-14-25-19)23-10-8-16-4-2-3-5-18(16)22/h2-7,12,14H,8-11,13H2,1H3,(H,23,25,26). The van der Waals surface area contributed by atoms with Gasteiger partial charge in [0.1, 0.15) is 23.8 Å². The van der Waals surface area contributed by atoms with E-state index < -0.39 is 0 Å². The van der Waals surface area contributed by atoms with Crippen molar-refractivity contribution >= 4 is 11.6 Å². The first-order valence-corrected chi connectivity index (χ1v) is 9.18. The first kappa shape index (κ1) is 17.4. The molecule has 0 unspecified atom stereocenters. The van der Waals surface area contributed by atoms with Gasteiger partial charge in [0.05, 0.1) is 5.69 Å². The topological polar surface area (TPSA) is 53.9 Å². The molecule has 6 heteroatoms. The van der Waals surface area contributed by atoms with Gasteiger partial charge in [-0.1, -0.05) is 24.3 Å². The van der Waals surface area contributed by atoms with Crippen LogP contribution >= 0.6 is 0 Å². The van der Waals surface area contributed by atoms with E-state index in [1.165, 1.54) is 6.07 Å². The minimum Gasteiger partial charge on any atom is -0.369 e. The fourth-order valence-corrected chi connectivity index (χ4v) is 3.35. The number of anilines is 2. The second-order valence-electron chi connectivity index (χ2n) is 6.78. The second kappa shape index (κ2) is 7.70. The molecule has 27 heavy (non-hydrogen) atoms. The van der Waals surface area contributed by atoms with E-state index in [1.54, 1.807) is 12.4 Å². The summed E-state index contributed by atoms with van der Waals surface area (Å²) in [5.74, 6) is 1.63. The molecular weight excluding hydrogens is 341 g/mol. The summed E-state index contributed by atoms with van der Waals surface area (Å²) in [5.41, 5.74) is 4.02. The Morgan fingerprint density at radius 3 is 2.81 bits per heavy atom. The fourth-order valence-electron chi connectivity index (χ4n) is 3.35. The van der Waals surface area contributed by atoms with Gasteiger partial charge < -0.3 is 10.2 Å². The van der Waals surface area contributed by atoms with Crippen molar-refractivity contribution in [2.75, 3.05) is 23.3 Å². The third kappa shape index (κ3) is 3.89. The lowest BCUT2D eigenvalue weighted by Crippen LogP contribution is -2.32. The molecule has 0 amide bonds. The van der Waals surface area contributed by atoms with Crippen molar-refractivity contribution in [1.82, 2.24) is 15.0 Å². The van der Waals surface area contributed by atoms with Gasteiger partial charge in [-0.05, 0) is 36.6 Å². The number of hydrogen-bond acceptors (Lipinski definition) is 5. The van der Waals surface area contributed by atoms with Gasteiger partial charge in [0.2, 0.25) is 0 Å². The van der Waals surface area contributed by atoms with Crippen molar-refractivity contribution in [3.8, 4) is 0 Å². The number of nitrogens with zero attached hydrogens (tertiary/aromatic N) is 4. The highest BCUT2D eigenvalue weighted by atomic mass is 19.1. The third-order valence-corrected chi connectivity index (χ3v) is 4.87. The number of hydrogen-bond donors (Lipinski definition) is 1. The second-order valence-corrected chi connectivity index (χ2v) is 6.78. The summed E-state index contributed by atoms with van der Waals surface area (Å²) in [6, 6.07) is 11.0. The van der Waals surface area contributed by atoms with Crippen LogP contribution in [0.15, 0.2) is 48.9 Å². The van der Waals surface area contributed by atoms with E-state index >= 15 is 0 Å². The van der Waals surface area contributed by atoms with Gasteiger partial charge in [-0.15, -0.1) is 0 Å². The summed E-state index contributed by atoms with van der Waals surface area (Å²) in [6.07, 6.45) is 4.95. The zero-order valence-electron chi connectivity index (χ0n) is 15.3. The number of pyridine rings is 1. The number of fused-ring (bicyclic) bond motifs is 1. The van der Waals surface area contributed by atoms with Gasteiger partial charge in [0.25, 0.3) is 0 Å². The van der Waals surface area contributed by atoms with Gasteiger partial charge in [-0.25, -0.2) is 19.3 Å². The highest BCUT2D eigenvalue weighted by Crippen LogP contribution is 2.26. The Kier molecular flexibility index (Phi) is 4.96. The molecule has 0 atom stereocenters. The average molecular weight is 363 g/mol. The lowest BCUT2D eigenvalue weighted by atomic mass is 10.1. The molecule has 0 fully saturated rings. The molecule has 1 aromatic carbocycles. The van der Waals surface area contributed by atoms with Crippen molar-refractivity contribution in [2.45, 2.75) is 26.3 Å². The van der Waals surface area contributed by atoms with Crippen molar-refractivity contribution in [2.24, 2.45) is 0 Å². The van der Waals surface area contributed by atoms with Gasteiger partial charge in [-0.3, -0.25) is 0 Å². The minimum absolute atomic E-state index is 0.166. The summed E-state index contributed by atoms with van der Waals surface area (Å²) >= 11 is 0. The predicted octanol–water partition coefficient (Wildman–Crippen LogP) is 3.54. The highest BCUT2D eigenvalue weighted by molar-refractivity contribution is 5.52. The molecule has 0 aliphatic carbocycles. The Hall–Kier alpha value is -3.02. The first-order valence-electron chi connectivity index (χ1n) is 9.18. The van der Waals surface area contributed by atoms with Gasteiger partial charge in [0, 0.05) is 37.8 Å². The maximum atomic E-state index is 13.8. The van der Waals surface area contributed by atoms with Crippen LogP contribution in [0.3, 0.4) is 0 Å². The number of aromatic nitrogens is 3. The van der Waals surface area contributed by atoms with Crippen molar-refractivity contribution < 1.29 is 4.39 Å². The Balaban J connectivity index is 1.48. The summed E-state index contributed by atoms with van der Waals surface area (Å²) in [7, 11) is 0. The minimum atomic E-state index is -0.166. The van der Waals surface area contributed by atoms with E-state index in [9.17, 15) is 4.39 Å². The van der Waals surface area contributed by atoms with Crippen LogP contribution in [0, 0.1) is 12.7 Å². The van der Waals surface area contributed by atoms with Crippen LogP contribution in [0.25, 0.3) is 0 Å². The molecule has 0 spiro atoms.